The molecule has 2 aliphatic carbocycles. The maximum Gasteiger partial charge on any atom is -0.00651 e. The molecule has 0 atom stereocenters. The van der Waals surface area contributed by atoms with Crippen LogP contribution < -0.4 is 0 Å². The van der Waals surface area contributed by atoms with Gasteiger partial charge in [-0.25, -0.2) is 0 Å². The highest BCUT2D eigenvalue weighted by Gasteiger charge is 2.41. The van der Waals surface area contributed by atoms with Crippen LogP contribution >= 0.6 is 0 Å². The van der Waals surface area contributed by atoms with E-state index in [2.05, 4.69) is 20.4 Å². The summed E-state index contributed by atoms with van der Waals surface area (Å²) < 4.78 is 0. The van der Waals surface area contributed by atoms with Crippen LogP contribution in [0.3, 0.4) is 0 Å². The molecule has 0 heterocycles. The van der Waals surface area contributed by atoms with Crippen LogP contribution in [0.2, 0.25) is 0 Å². The highest BCUT2D eigenvalue weighted by atomic mass is 14.5. The largest absolute Gasteiger partial charge is 0.0996 e. The molecule has 0 aromatic heterocycles. The van der Waals surface area contributed by atoms with E-state index in [1.54, 1.807) is 0 Å². The quantitative estimate of drug-likeness (QED) is 0.551. The predicted molar refractivity (Wildman–Crippen MR) is 71.5 cm³/mol. The third-order valence-corrected chi connectivity index (χ3v) is 5.40. The van der Waals surface area contributed by atoms with Gasteiger partial charge in [-0.15, -0.1) is 0 Å². The van der Waals surface area contributed by atoms with Gasteiger partial charge in [0.05, 0.1) is 0 Å². The molecule has 0 radical (unpaired) electrons. The van der Waals surface area contributed by atoms with Gasteiger partial charge in [-0.05, 0) is 62.7 Å². The normalized spacial score (nSPS) is 37.2. The Balaban J connectivity index is 2.11. The van der Waals surface area contributed by atoms with Crippen LogP contribution in [-0.4, -0.2) is 0 Å². The summed E-state index contributed by atoms with van der Waals surface area (Å²) in [6.07, 6.45) is 13.1. The number of allylic oxidation sites excluding steroid dienone is 1. The second kappa shape index (κ2) is 4.94. The maximum atomic E-state index is 4.35. The number of hydrogen-bond donors (Lipinski definition) is 0. The van der Waals surface area contributed by atoms with E-state index < -0.39 is 0 Å². The average Bonchev–Trinajstić information content (AvgIpc) is 2.31. The van der Waals surface area contributed by atoms with Gasteiger partial charge < -0.3 is 0 Å². The molecule has 0 aromatic carbocycles. The lowest BCUT2D eigenvalue weighted by molar-refractivity contribution is 0.0883. The molecule has 0 aliphatic heterocycles. The summed E-state index contributed by atoms with van der Waals surface area (Å²) in [5.41, 5.74) is 2.03. The van der Waals surface area contributed by atoms with Crippen molar-refractivity contribution >= 4 is 0 Å². The summed E-state index contributed by atoms with van der Waals surface area (Å²) in [7, 11) is 0. The minimum absolute atomic E-state index is 0.535. The summed E-state index contributed by atoms with van der Waals surface area (Å²) in [6.45, 7) is 9.07. The highest BCUT2D eigenvalue weighted by Crippen LogP contribution is 2.53. The van der Waals surface area contributed by atoms with Gasteiger partial charge in [0.25, 0.3) is 0 Å². The van der Waals surface area contributed by atoms with Crippen molar-refractivity contribution < 1.29 is 0 Å². The molecule has 0 bridgehead atoms. The van der Waals surface area contributed by atoms with Crippen molar-refractivity contribution in [1.29, 1.82) is 0 Å². The zero-order chi connectivity index (χ0) is 11.6. The predicted octanol–water partition coefficient (Wildman–Crippen LogP) is 5.34. The molecule has 0 saturated heterocycles. The number of hydrogen-bond acceptors (Lipinski definition) is 0. The van der Waals surface area contributed by atoms with Crippen LogP contribution in [0.4, 0.5) is 0 Å². The fraction of sp³-hybridized carbons (Fsp3) is 0.875. The van der Waals surface area contributed by atoms with Gasteiger partial charge in [0.2, 0.25) is 0 Å². The fourth-order valence-corrected chi connectivity index (χ4v) is 4.12. The molecule has 2 aliphatic rings. The van der Waals surface area contributed by atoms with Crippen LogP contribution in [0.25, 0.3) is 0 Å². The van der Waals surface area contributed by atoms with E-state index in [1.165, 1.54) is 63.4 Å². The first-order valence-electron chi connectivity index (χ1n) is 7.31. The first kappa shape index (κ1) is 12.2. The SMILES string of the molecule is C=C(C)C1(C2CCCCC2)CCC(C)CC1. The lowest BCUT2D eigenvalue weighted by Crippen LogP contribution is -2.36. The molecular formula is C16H28. The van der Waals surface area contributed by atoms with Gasteiger partial charge in [0, 0.05) is 0 Å². The van der Waals surface area contributed by atoms with Gasteiger partial charge >= 0.3 is 0 Å². The van der Waals surface area contributed by atoms with Crippen LogP contribution in [-0.2, 0) is 0 Å². The molecule has 0 amide bonds. The monoisotopic (exact) mass is 220 g/mol. The minimum atomic E-state index is 0.535. The van der Waals surface area contributed by atoms with E-state index >= 15 is 0 Å². The zero-order valence-corrected chi connectivity index (χ0v) is 11.2. The molecule has 2 rings (SSSR count). The molecule has 0 aromatic rings. The Labute approximate surface area is 102 Å². The topological polar surface area (TPSA) is 0 Å². The Morgan fingerprint density at radius 1 is 1.00 bits per heavy atom. The Morgan fingerprint density at radius 3 is 2.06 bits per heavy atom. The zero-order valence-electron chi connectivity index (χ0n) is 11.2. The molecular weight excluding hydrogens is 192 g/mol. The minimum Gasteiger partial charge on any atom is -0.0996 e. The Kier molecular flexibility index (Phi) is 3.77. The van der Waals surface area contributed by atoms with E-state index in [0.717, 1.165) is 11.8 Å². The lowest BCUT2D eigenvalue weighted by atomic mass is 9.57. The third-order valence-electron chi connectivity index (χ3n) is 5.40. The molecule has 2 saturated carbocycles. The van der Waals surface area contributed by atoms with E-state index in [9.17, 15) is 0 Å². The molecule has 0 nitrogen and oxygen atoms in total. The molecule has 0 unspecified atom stereocenters. The fourth-order valence-electron chi connectivity index (χ4n) is 4.12. The van der Waals surface area contributed by atoms with Crippen molar-refractivity contribution in [2.45, 2.75) is 71.6 Å². The lowest BCUT2D eigenvalue weighted by Gasteiger charge is -2.47. The standard InChI is InChI=1S/C16H28/c1-13(2)16(11-9-14(3)10-12-16)15-7-5-4-6-8-15/h14-15H,1,4-12H2,2-3H3. The van der Waals surface area contributed by atoms with Gasteiger partial charge in [0.15, 0.2) is 0 Å². The number of rotatable bonds is 2. The summed E-state index contributed by atoms with van der Waals surface area (Å²) in [5.74, 6) is 1.92. The second-order valence-electron chi connectivity index (χ2n) is 6.45. The average molecular weight is 220 g/mol. The van der Waals surface area contributed by atoms with Crippen molar-refractivity contribution in [1.82, 2.24) is 0 Å². The summed E-state index contributed by atoms with van der Waals surface area (Å²) in [6, 6.07) is 0. The van der Waals surface area contributed by atoms with Crippen molar-refractivity contribution in [2.75, 3.05) is 0 Å². The Hall–Kier alpha value is -0.260. The molecule has 16 heavy (non-hydrogen) atoms. The summed E-state index contributed by atoms with van der Waals surface area (Å²) in [4.78, 5) is 0. The van der Waals surface area contributed by atoms with Crippen molar-refractivity contribution in [3.05, 3.63) is 12.2 Å². The molecule has 0 heteroatoms. The maximum absolute atomic E-state index is 4.35. The van der Waals surface area contributed by atoms with Crippen molar-refractivity contribution in [2.24, 2.45) is 17.3 Å². The molecule has 0 N–H and O–H groups in total. The first-order valence-corrected chi connectivity index (χ1v) is 7.31. The van der Waals surface area contributed by atoms with Gasteiger partial charge in [-0.3, -0.25) is 0 Å². The van der Waals surface area contributed by atoms with Gasteiger partial charge in [0.1, 0.15) is 0 Å². The van der Waals surface area contributed by atoms with Crippen LogP contribution in [0.5, 0.6) is 0 Å². The smallest absolute Gasteiger partial charge is 0.00651 e. The third kappa shape index (κ3) is 2.21. The van der Waals surface area contributed by atoms with Crippen LogP contribution in [0.1, 0.15) is 71.6 Å². The van der Waals surface area contributed by atoms with E-state index in [4.69, 9.17) is 0 Å². The van der Waals surface area contributed by atoms with E-state index in [1.807, 2.05) is 0 Å². The Morgan fingerprint density at radius 2 is 1.56 bits per heavy atom. The Bertz CT molecular complexity index is 237. The first-order chi connectivity index (χ1) is 7.65. The summed E-state index contributed by atoms with van der Waals surface area (Å²) >= 11 is 0. The highest BCUT2D eigenvalue weighted by molar-refractivity contribution is 5.12. The van der Waals surface area contributed by atoms with E-state index in [0.29, 0.717) is 5.41 Å². The van der Waals surface area contributed by atoms with Gasteiger partial charge in [-0.1, -0.05) is 38.3 Å². The van der Waals surface area contributed by atoms with E-state index in [-0.39, 0.29) is 0 Å². The molecule has 2 fully saturated rings. The molecule has 92 valence electrons. The van der Waals surface area contributed by atoms with Crippen LogP contribution in [0, 0.1) is 17.3 Å². The van der Waals surface area contributed by atoms with Gasteiger partial charge in [-0.2, -0.15) is 0 Å². The van der Waals surface area contributed by atoms with Crippen molar-refractivity contribution in [3.8, 4) is 0 Å². The second-order valence-corrected chi connectivity index (χ2v) is 6.45. The van der Waals surface area contributed by atoms with Crippen molar-refractivity contribution in [3.63, 3.8) is 0 Å². The summed E-state index contributed by atoms with van der Waals surface area (Å²) in [5, 5.41) is 0. The van der Waals surface area contributed by atoms with Crippen LogP contribution in [0.15, 0.2) is 12.2 Å². The molecule has 0 spiro atoms.